The summed E-state index contributed by atoms with van der Waals surface area (Å²) in [6.07, 6.45) is 7.49. The Kier molecular flexibility index (Phi) is 13.0. The number of hydrogen-bond acceptors (Lipinski definition) is 11. The van der Waals surface area contributed by atoms with Crippen LogP contribution in [0.15, 0.2) is 65.7 Å². The normalized spacial score (nSPS) is 18.4. The molecule has 1 unspecified atom stereocenters. The fraction of sp³-hybridized carbons (Fsp3) is 0.444. The number of likely N-dealkylation sites (tertiary alicyclic amines) is 1. The molecule has 3 heterocycles. The summed E-state index contributed by atoms with van der Waals surface area (Å²) in [4.78, 5) is 52.2. The predicted molar refractivity (Wildman–Crippen MR) is 230 cm³/mol. The number of sulfone groups is 1. The van der Waals surface area contributed by atoms with Crippen molar-refractivity contribution in [1.29, 1.82) is 0 Å². The number of nitrogens with one attached hydrogen (secondary N) is 2. The monoisotopic (exact) mass is 840 g/mol. The molecule has 4 aromatic rings. The maximum Gasteiger partial charge on any atom is 0.255 e. The number of aryl methyl sites for hydroxylation is 1. The summed E-state index contributed by atoms with van der Waals surface area (Å²) in [5.74, 6) is 1.72. The first kappa shape index (κ1) is 42.3. The van der Waals surface area contributed by atoms with E-state index in [-0.39, 0.29) is 39.2 Å². The Morgan fingerprint density at radius 2 is 1.69 bits per heavy atom. The second kappa shape index (κ2) is 18.2. The molecule has 0 radical (unpaired) electrons. The van der Waals surface area contributed by atoms with Gasteiger partial charge >= 0.3 is 0 Å². The number of amides is 1. The van der Waals surface area contributed by atoms with Gasteiger partial charge in [0, 0.05) is 37.9 Å². The molecule has 1 aliphatic carbocycles. The number of piperidine rings is 1. The molecular weight excluding hydrogens is 788 g/mol. The Balaban J connectivity index is 0.955. The number of rotatable bonds is 12. The molecule has 3 aromatic carbocycles. The Hall–Kier alpha value is -4.85. The summed E-state index contributed by atoms with van der Waals surface area (Å²) in [5, 5.41) is 5.99. The number of methoxy groups -OCH3 is 1. The van der Waals surface area contributed by atoms with Crippen molar-refractivity contribution >= 4 is 62.1 Å². The average molecular weight is 841 g/mol. The highest BCUT2D eigenvalue weighted by Crippen LogP contribution is 2.36. The number of para-hydroxylation sites is 1. The van der Waals surface area contributed by atoms with Crippen LogP contribution < -0.4 is 15.4 Å². The molecule has 2 aliphatic heterocycles. The first-order chi connectivity index (χ1) is 28.3. The van der Waals surface area contributed by atoms with Crippen LogP contribution in [0.1, 0.15) is 104 Å². The molecular formula is C45H53ClN6O6S. The summed E-state index contributed by atoms with van der Waals surface area (Å²) in [6, 6.07) is 16.4. The lowest BCUT2D eigenvalue weighted by molar-refractivity contribution is -0.124. The predicted octanol–water partition coefficient (Wildman–Crippen LogP) is 8.36. The highest BCUT2D eigenvalue weighted by atomic mass is 35.5. The molecule has 3 aliphatic rings. The van der Waals surface area contributed by atoms with Crippen LogP contribution in [0.3, 0.4) is 0 Å². The van der Waals surface area contributed by atoms with Gasteiger partial charge in [0.05, 0.1) is 40.9 Å². The highest BCUT2D eigenvalue weighted by Gasteiger charge is 2.37. The van der Waals surface area contributed by atoms with Crippen LogP contribution in [-0.4, -0.2) is 83.7 Å². The average Bonchev–Trinajstić information content (AvgIpc) is 3.58. The van der Waals surface area contributed by atoms with Crippen molar-refractivity contribution in [3.8, 4) is 5.75 Å². The third-order valence-electron chi connectivity index (χ3n) is 12.0. The summed E-state index contributed by atoms with van der Waals surface area (Å²) < 4.78 is 31.9. The topological polar surface area (TPSA) is 151 Å². The third-order valence-corrected chi connectivity index (χ3v) is 14.5. The van der Waals surface area contributed by atoms with Crippen molar-refractivity contribution < 1.29 is 27.5 Å². The number of ketones is 2. The van der Waals surface area contributed by atoms with E-state index in [1.54, 1.807) is 50.1 Å². The minimum absolute atomic E-state index is 0.0766. The minimum atomic E-state index is -3.57. The van der Waals surface area contributed by atoms with Gasteiger partial charge in [0.25, 0.3) is 5.91 Å². The molecule has 1 atom stereocenters. The maximum atomic E-state index is 13.5. The molecule has 2 fully saturated rings. The number of Topliss-reactive ketones (excluding diaryl/α,β-unsaturated/α-hetero) is 2. The Morgan fingerprint density at radius 1 is 0.932 bits per heavy atom. The molecule has 0 bridgehead atoms. The first-order valence-corrected chi connectivity index (χ1v) is 22.5. The summed E-state index contributed by atoms with van der Waals surface area (Å²) in [6.45, 7) is 8.61. The Morgan fingerprint density at radius 3 is 2.46 bits per heavy atom. The van der Waals surface area contributed by atoms with Crippen LogP contribution in [0.2, 0.25) is 5.02 Å². The van der Waals surface area contributed by atoms with E-state index in [9.17, 15) is 22.8 Å². The lowest BCUT2D eigenvalue weighted by Crippen LogP contribution is -2.41. The largest absolute Gasteiger partial charge is 0.495 e. The Bertz CT molecular complexity index is 2350. The molecule has 1 amide bonds. The van der Waals surface area contributed by atoms with Gasteiger partial charge in [0.1, 0.15) is 16.6 Å². The van der Waals surface area contributed by atoms with Crippen LogP contribution in [0, 0.1) is 6.92 Å². The molecule has 1 saturated heterocycles. The van der Waals surface area contributed by atoms with Gasteiger partial charge in [-0.1, -0.05) is 35.9 Å². The van der Waals surface area contributed by atoms with E-state index in [1.807, 2.05) is 18.2 Å². The first-order valence-electron chi connectivity index (χ1n) is 20.6. The van der Waals surface area contributed by atoms with Gasteiger partial charge in [-0.3, -0.25) is 14.4 Å². The summed E-state index contributed by atoms with van der Waals surface area (Å²) >= 11 is 6.47. The Labute approximate surface area is 352 Å². The van der Waals surface area contributed by atoms with Crippen molar-refractivity contribution in [2.75, 3.05) is 37.4 Å². The van der Waals surface area contributed by atoms with Crippen molar-refractivity contribution in [3.05, 3.63) is 93.6 Å². The number of aromatic nitrogens is 2. The second-order valence-corrected chi connectivity index (χ2v) is 19.1. The van der Waals surface area contributed by atoms with Gasteiger partial charge in [0.2, 0.25) is 5.95 Å². The van der Waals surface area contributed by atoms with Crippen LogP contribution in [0.25, 0.3) is 0 Å². The van der Waals surface area contributed by atoms with Crippen molar-refractivity contribution in [1.82, 2.24) is 19.8 Å². The zero-order valence-electron chi connectivity index (χ0n) is 34.2. The standard InChI is InChI=1S/C45H53ClN6O6S/c1-28(2)59(56,57)42-12-8-6-10-37(42)48-43-36(46)26-47-45(50-43)49-38-23-29(3)31(25-41(38)58-4)19-22-51-20-17-30(18-21-51)32-13-15-35-33(24-32)27-52(44(35)55)39-16-14-34(53)9-5-7-11-40(39)54/h6,8,10,12-13,15,23-26,28,30,39H,5,7,9,11,14,16-22,27H2,1-4H3,(H2,47,48,49,50). The van der Waals surface area contributed by atoms with E-state index < -0.39 is 21.1 Å². The van der Waals surface area contributed by atoms with Gasteiger partial charge in [-0.05, 0) is 131 Å². The van der Waals surface area contributed by atoms with Gasteiger partial charge in [-0.2, -0.15) is 4.98 Å². The number of nitrogens with zero attached hydrogens (tertiary/aromatic N) is 4. The molecule has 1 saturated carbocycles. The van der Waals surface area contributed by atoms with Crippen molar-refractivity contribution in [2.45, 2.75) is 107 Å². The van der Waals surface area contributed by atoms with E-state index >= 15 is 0 Å². The molecule has 12 nitrogen and oxygen atoms in total. The van der Waals surface area contributed by atoms with Gasteiger partial charge < -0.3 is 25.2 Å². The molecule has 312 valence electrons. The molecule has 1 aromatic heterocycles. The number of fused-ring (bicyclic) bond motifs is 1. The third kappa shape index (κ3) is 9.47. The van der Waals surface area contributed by atoms with Gasteiger partial charge in [-0.25, -0.2) is 13.4 Å². The molecule has 14 heteroatoms. The number of carbonyl (C=O) groups excluding carboxylic acids is 3. The van der Waals surface area contributed by atoms with E-state index in [0.717, 1.165) is 56.4 Å². The van der Waals surface area contributed by atoms with Gasteiger partial charge in [-0.15, -0.1) is 0 Å². The smallest absolute Gasteiger partial charge is 0.255 e. The minimum Gasteiger partial charge on any atom is -0.495 e. The van der Waals surface area contributed by atoms with Crippen LogP contribution in [0.4, 0.5) is 23.1 Å². The number of benzene rings is 3. The molecule has 0 spiro atoms. The zero-order valence-corrected chi connectivity index (χ0v) is 35.8. The number of hydrogen-bond donors (Lipinski definition) is 2. The quantitative estimate of drug-likeness (QED) is 0.142. The number of ether oxygens (including phenoxy) is 1. The highest BCUT2D eigenvalue weighted by molar-refractivity contribution is 7.92. The lowest BCUT2D eigenvalue weighted by Gasteiger charge is -2.32. The van der Waals surface area contributed by atoms with Crippen LogP contribution in [-0.2, 0) is 32.4 Å². The number of halogens is 1. The molecule has 59 heavy (non-hydrogen) atoms. The summed E-state index contributed by atoms with van der Waals surface area (Å²) in [5.41, 5.74) is 6.23. The van der Waals surface area contributed by atoms with E-state index in [1.165, 1.54) is 17.3 Å². The zero-order chi connectivity index (χ0) is 41.8. The van der Waals surface area contributed by atoms with E-state index in [4.69, 9.17) is 16.3 Å². The van der Waals surface area contributed by atoms with E-state index in [2.05, 4.69) is 44.6 Å². The van der Waals surface area contributed by atoms with Gasteiger partial charge in [0.15, 0.2) is 21.4 Å². The van der Waals surface area contributed by atoms with Crippen molar-refractivity contribution in [2.24, 2.45) is 0 Å². The van der Waals surface area contributed by atoms with E-state index in [0.29, 0.717) is 67.3 Å². The molecule has 2 N–H and O–H groups in total. The molecule has 7 rings (SSSR count). The van der Waals surface area contributed by atoms with Crippen LogP contribution >= 0.6 is 11.6 Å². The maximum absolute atomic E-state index is 13.5. The summed E-state index contributed by atoms with van der Waals surface area (Å²) in [7, 11) is -1.94. The van der Waals surface area contributed by atoms with Crippen LogP contribution in [0.5, 0.6) is 5.75 Å². The fourth-order valence-corrected chi connectivity index (χ4v) is 9.78. The van der Waals surface area contributed by atoms with Crippen molar-refractivity contribution in [3.63, 3.8) is 0 Å². The lowest BCUT2D eigenvalue weighted by atomic mass is 9.87. The fourth-order valence-electron chi connectivity index (χ4n) is 8.44. The SMILES string of the molecule is COc1cc(CCN2CCC(c3ccc4c(c3)CN(C3CCC(=O)CCCCC3=O)C4=O)CC2)c(C)cc1Nc1ncc(Cl)c(Nc2ccccc2S(=O)(=O)C(C)C)n1. The number of carbonyl (C=O) groups is 3. The second-order valence-electron chi connectivity index (χ2n) is 16.2. The number of anilines is 4.